The lowest BCUT2D eigenvalue weighted by Gasteiger charge is -2.25. The van der Waals surface area contributed by atoms with Gasteiger partial charge in [0, 0.05) is 12.6 Å². The maximum absolute atomic E-state index is 3.62. The van der Waals surface area contributed by atoms with Gasteiger partial charge in [0.1, 0.15) is 0 Å². The van der Waals surface area contributed by atoms with E-state index < -0.39 is 0 Å². The molecule has 2 fully saturated rings. The number of piperidine rings is 1. The Hall–Kier alpha value is -0.0800. The third-order valence-corrected chi connectivity index (χ3v) is 3.54. The van der Waals surface area contributed by atoms with Gasteiger partial charge in [-0.2, -0.15) is 0 Å². The van der Waals surface area contributed by atoms with Crippen LogP contribution in [0.1, 0.15) is 38.5 Å². The van der Waals surface area contributed by atoms with Crippen LogP contribution in [-0.2, 0) is 0 Å². The van der Waals surface area contributed by atoms with Gasteiger partial charge >= 0.3 is 0 Å². The molecule has 1 saturated carbocycles. The van der Waals surface area contributed by atoms with Crippen LogP contribution in [0.3, 0.4) is 0 Å². The summed E-state index contributed by atoms with van der Waals surface area (Å²) in [7, 11) is 2.28. The second-order valence-electron chi connectivity index (χ2n) is 5.14. The van der Waals surface area contributed by atoms with Gasteiger partial charge in [0.05, 0.1) is 0 Å². The minimum atomic E-state index is 0.811. The molecule has 1 N–H and O–H groups in total. The van der Waals surface area contributed by atoms with Gasteiger partial charge < -0.3 is 10.2 Å². The standard InChI is InChI=1S/C12H24N2/c1-14(10-11-5-6-11)9-7-12-4-2-3-8-13-12/h11-13H,2-10H2,1H3. The Kier molecular flexibility index (Phi) is 3.82. The van der Waals surface area contributed by atoms with Crippen molar-refractivity contribution in [2.45, 2.75) is 44.6 Å². The maximum atomic E-state index is 3.62. The third kappa shape index (κ3) is 3.58. The number of nitrogens with zero attached hydrogens (tertiary/aromatic N) is 1. The molecular weight excluding hydrogens is 172 g/mol. The van der Waals surface area contributed by atoms with Gasteiger partial charge in [-0.25, -0.2) is 0 Å². The van der Waals surface area contributed by atoms with E-state index in [-0.39, 0.29) is 0 Å². The van der Waals surface area contributed by atoms with Crippen LogP contribution >= 0.6 is 0 Å². The molecule has 2 nitrogen and oxygen atoms in total. The summed E-state index contributed by atoms with van der Waals surface area (Å²) in [6, 6.07) is 0.811. The topological polar surface area (TPSA) is 15.3 Å². The van der Waals surface area contributed by atoms with Crippen LogP contribution in [0.2, 0.25) is 0 Å². The van der Waals surface area contributed by atoms with E-state index in [0.29, 0.717) is 0 Å². The van der Waals surface area contributed by atoms with E-state index in [1.165, 1.54) is 58.2 Å². The highest BCUT2D eigenvalue weighted by Gasteiger charge is 2.23. The summed E-state index contributed by atoms with van der Waals surface area (Å²) in [5.74, 6) is 1.04. The Morgan fingerprint density at radius 2 is 2.07 bits per heavy atom. The zero-order chi connectivity index (χ0) is 9.80. The van der Waals surface area contributed by atoms with Crippen molar-refractivity contribution in [2.75, 3.05) is 26.7 Å². The molecule has 0 spiro atoms. The van der Waals surface area contributed by atoms with E-state index in [4.69, 9.17) is 0 Å². The molecule has 0 aromatic carbocycles. The van der Waals surface area contributed by atoms with Crippen molar-refractivity contribution in [3.63, 3.8) is 0 Å². The van der Waals surface area contributed by atoms with Gasteiger partial charge in [-0.15, -0.1) is 0 Å². The highest BCUT2D eigenvalue weighted by molar-refractivity contribution is 4.78. The minimum absolute atomic E-state index is 0.811. The number of rotatable bonds is 5. The molecule has 1 aliphatic carbocycles. The van der Waals surface area contributed by atoms with Crippen molar-refractivity contribution < 1.29 is 0 Å². The van der Waals surface area contributed by atoms with Crippen LogP contribution in [-0.4, -0.2) is 37.6 Å². The lowest BCUT2D eigenvalue weighted by molar-refractivity contribution is 0.279. The molecule has 1 unspecified atom stereocenters. The fraction of sp³-hybridized carbons (Fsp3) is 1.00. The molecule has 1 heterocycles. The molecule has 1 atom stereocenters. The SMILES string of the molecule is CN(CCC1CCCCN1)CC1CC1. The van der Waals surface area contributed by atoms with Gasteiger partial charge in [-0.05, 0) is 58.2 Å². The van der Waals surface area contributed by atoms with Crippen LogP contribution in [0.15, 0.2) is 0 Å². The number of hydrogen-bond acceptors (Lipinski definition) is 2. The molecule has 0 aromatic rings. The highest BCUT2D eigenvalue weighted by atomic mass is 15.1. The zero-order valence-electron chi connectivity index (χ0n) is 9.47. The first-order chi connectivity index (χ1) is 6.84. The molecule has 2 heteroatoms. The van der Waals surface area contributed by atoms with Gasteiger partial charge in [0.25, 0.3) is 0 Å². The number of nitrogens with one attached hydrogen (secondary N) is 1. The summed E-state index contributed by atoms with van der Waals surface area (Å²) in [5.41, 5.74) is 0. The maximum Gasteiger partial charge on any atom is 0.00792 e. The highest BCUT2D eigenvalue weighted by Crippen LogP contribution is 2.29. The Labute approximate surface area is 88.1 Å². The molecule has 2 rings (SSSR count). The van der Waals surface area contributed by atoms with E-state index in [1.54, 1.807) is 0 Å². The summed E-state index contributed by atoms with van der Waals surface area (Å²) < 4.78 is 0. The van der Waals surface area contributed by atoms with Crippen LogP contribution in [0.4, 0.5) is 0 Å². The molecule has 82 valence electrons. The van der Waals surface area contributed by atoms with Crippen molar-refractivity contribution in [3.05, 3.63) is 0 Å². The van der Waals surface area contributed by atoms with Crippen LogP contribution < -0.4 is 5.32 Å². The van der Waals surface area contributed by atoms with Crippen LogP contribution in [0.25, 0.3) is 0 Å². The molecule has 0 amide bonds. The number of hydrogen-bond donors (Lipinski definition) is 1. The Morgan fingerprint density at radius 3 is 2.71 bits per heavy atom. The minimum Gasteiger partial charge on any atom is -0.314 e. The zero-order valence-corrected chi connectivity index (χ0v) is 9.47. The molecule has 0 radical (unpaired) electrons. The van der Waals surface area contributed by atoms with Crippen molar-refractivity contribution in [1.29, 1.82) is 0 Å². The van der Waals surface area contributed by atoms with Gasteiger partial charge in [-0.3, -0.25) is 0 Å². The van der Waals surface area contributed by atoms with Crippen molar-refractivity contribution in [1.82, 2.24) is 10.2 Å². The third-order valence-electron chi connectivity index (χ3n) is 3.54. The normalized spacial score (nSPS) is 28.3. The lowest BCUT2D eigenvalue weighted by atomic mass is 10.0. The molecule has 2 aliphatic rings. The Morgan fingerprint density at radius 1 is 1.21 bits per heavy atom. The van der Waals surface area contributed by atoms with Crippen molar-refractivity contribution in [3.8, 4) is 0 Å². The predicted octanol–water partition coefficient (Wildman–Crippen LogP) is 1.86. The van der Waals surface area contributed by atoms with Crippen molar-refractivity contribution in [2.24, 2.45) is 5.92 Å². The summed E-state index contributed by atoms with van der Waals surface area (Å²) in [6.45, 7) is 3.87. The fourth-order valence-corrected chi connectivity index (χ4v) is 2.38. The first kappa shape index (κ1) is 10.4. The van der Waals surface area contributed by atoms with E-state index in [2.05, 4.69) is 17.3 Å². The summed E-state index contributed by atoms with van der Waals surface area (Å²) in [5, 5.41) is 3.62. The van der Waals surface area contributed by atoms with E-state index in [0.717, 1.165) is 12.0 Å². The summed E-state index contributed by atoms with van der Waals surface area (Å²) >= 11 is 0. The predicted molar refractivity (Wildman–Crippen MR) is 60.5 cm³/mol. The largest absolute Gasteiger partial charge is 0.314 e. The van der Waals surface area contributed by atoms with E-state index >= 15 is 0 Å². The second kappa shape index (κ2) is 5.13. The first-order valence-corrected chi connectivity index (χ1v) is 6.26. The van der Waals surface area contributed by atoms with Crippen LogP contribution in [0, 0.1) is 5.92 Å². The average molecular weight is 196 g/mol. The van der Waals surface area contributed by atoms with E-state index in [9.17, 15) is 0 Å². The Bertz CT molecular complexity index is 160. The fourth-order valence-electron chi connectivity index (χ4n) is 2.38. The molecule has 0 bridgehead atoms. The molecule has 14 heavy (non-hydrogen) atoms. The first-order valence-electron chi connectivity index (χ1n) is 6.26. The summed E-state index contributed by atoms with van der Waals surface area (Å²) in [4.78, 5) is 2.52. The van der Waals surface area contributed by atoms with Gasteiger partial charge in [0.2, 0.25) is 0 Å². The summed E-state index contributed by atoms with van der Waals surface area (Å²) in [6.07, 6.45) is 8.52. The van der Waals surface area contributed by atoms with Crippen molar-refractivity contribution >= 4 is 0 Å². The Balaban J connectivity index is 1.55. The molecule has 0 aromatic heterocycles. The molecule has 1 saturated heterocycles. The smallest absolute Gasteiger partial charge is 0.00792 e. The lowest BCUT2D eigenvalue weighted by Crippen LogP contribution is -2.37. The van der Waals surface area contributed by atoms with Crippen LogP contribution in [0.5, 0.6) is 0 Å². The second-order valence-corrected chi connectivity index (χ2v) is 5.14. The van der Waals surface area contributed by atoms with Gasteiger partial charge in [-0.1, -0.05) is 6.42 Å². The quantitative estimate of drug-likeness (QED) is 0.722. The van der Waals surface area contributed by atoms with Gasteiger partial charge in [0.15, 0.2) is 0 Å². The van der Waals surface area contributed by atoms with E-state index in [1.807, 2.05) is 0 Å². The monoisotopic (exact) mass is 196 g/mol. The average Bonchev–Trinajstić information content (AvgIpc) is 3.00. The molecular formula is C12H24N2. The molecule has 1 aliphatic heterocycles.